The summed E-state index contributed by atoms with van der Waals surface area (Å²) in [7, 11) is 0.810. The molecule has 0 saturated carbocycles. The second-order valence-electron chi connectivity index (χ2n) is 5.69. The summed E-state index contributed by atoms with van der Waals surface area (Å²) in [5.74, 6) is 0.387. The van der Waals surface area contributed by atoms with Gasteiger partial charge in [0.15, 0.2) is 14.9 Å². The predicted molar refractivity (Wildman–Crippen MR) is 94.6 cm³/mol. The molecule has 1 aromatic rings. The Morgan fingerprint density at radius 2 is 2.05 bits per heavy atom. The fraction of sp³-hybridized carbons (Fsp3) is 0.533. The van der Waals surface area contributed by atoms with Crippen molar-refractivity contribution in [1.82, 2.24) is 10.0 Å². The molecule has 1 aliphatic heterocycles. The number of nitrogens with zero attached hydrogens (tertiary/aromatic N) is 2. The van der Waals surface area contributed by atoms with Crippen LogP contribution in [0.1, 0.15) is 18.9 Å². The zero-order valence-corrected chi connectivity index (χ0v) is 14.9. The van der Waals surface area contributed by atoms with E-state index in [1.165, 1.54) is 5.56 Å². The van der Waals surface area contributed by atoms with Crippen molar-refractivity contribution in [3.63, 3.8) is 0 Å². The standard InChI is InChI=1S/C15H23N3O2S2/c1-4-12-7-5-6-8-14(12)16-15(21)18(17(2)3)13-9-10-22(19,20)11-13/h5-8,13H,4,9-11H2,1-3H3,(H,16,21)/t13-/m1/s1. The van der Waals surface area contributed by atoms with E-state index in [4.69, 9.17) is 12.2 Å². The minimum atomic E-state index is -2.95. The van der Waals surface area contributed by atoms with Gasteiger partial charge in [0.25, 0.3) is 0 Å². The molecule has 0 amide bonds. The molecule has 122 valence electrons. The zero-order valence-electron chi connectivity index (χ0n) is 13.2. The topological polar surface area (TPSA) is 52.7 Å². The fourth-order valence-corrected chi connectivity index (χ4v) is 4.88. The molecule has 0 spiro atoms. The van der Waals surface area contributed by atoms with Gasteiger partial charge >= 0.3 is 0 Å². The molecule has 1 aromatic carbocycles. The number of thiocarbonyl (C=S) groups is 1. The van der Waals surface area contributed by atoms with Crippen LogP contribution in [0.5, 0.6) is 0 Å². The molecular weight excluding hydrogens is 318 g/mol. The summed E-state index contributed by atoms with van der Waals surface area (Å²) in [5.41, 5.74) is 2.16. The van der Waals surface area contributed by atoms with Crippen LogP contribution in [0.3, 0.4) is 0 Å². The number of hydrazine groups is 1. The third kappa shape index (κ3) is 3.97. The van der Waals surface area contributed by atoms with Crippen molar-refractivity contribution in [3.8, 4) is 0 Å². The number of hydrogen-bond acceptors (Lipinski definition) is 4. The van der Waals surface area contributed by atoms with Crippen LogP contribution in [0.2, 0.25) is 0 Å². The van der Waals surface area contributed by atoms with Gasteiger partial charge in [-0.1, -0.05) is 25.1 Å². The van der Waals surface area contributed by atoms with Crippen LogP contribution in [-0.2, 0) is 16.3 Å². The normalized spacial score (nSPS) is 20.1. The molecule has 0 aliphatic carbocycles. The first-order valence-electron chi connectivity index (χ1n) is 7.40. The molecule has 1 aliphatic rings. The van der Waals surface area contributed by atoms with Crippen LogP contribution in [-0.4, -0.2) is 55.2 Å². The van der Waals surface area contributed by atoms with Crippen molar-refractivity contribution >= 4 is 32.9 Å². The average molecular weight is 342 g/mol. The number of hydrogen-bond donors (Lipinski definition) is 1. The van der Waals surface area contributed by atoms with Crippen LogP contribution in [0, 0.1) is 0 Å². The Labute approximate surface area is 138 Å². The largest absolute Gasteiger partial charge is 0.331 e. The molecule has 1 heterocycles. The highest BCUT2D eigenvalue weighted by Crippen LogP contribution is 2.21. The van der Waals surface area contributed by atoms with Crippen LogP contribution < -0.4 is 5.32 Å². The zero-order chi connectivity index (χ0) is 16.3. The summed E-state index contributed by atoms with van der Waals surface area (Å²) < 4.78 is 23.5. The van der Waals surface area contributed by atoms with Gasteiger partial charge in [0.2, 0.25) is 0 Å². The maximum Gasteiger partial charge on any atom is 0.188 e. The smallest absolute Gasteiger partial charge is 0.188 e. The van der Waals surface area contributed by atoms with Gasteiger partial charge in [-0.2, -0.15) is 0 Å². The molecule has 1 N–H and O–H groups in total. The van der Waals surface area contributed by atoms with E-state index in [0.717, 1.165) is 12.1 Å². The Morgan fingerprint density at radius 1 is 1.36 bits per heavy atom. The number of para-hydroxylation sites is 1. The minimum absolute atomic E-state index is 0.103. The highest BCUT2D eigenvalue weighted by atomic mass is 32.2. The lowest BCUT2D eigenvalue weighted by molar-refractivity contribution is 0.0757. The van der Waals surface area contributed by atoms with E-state index in [1.54, 1.807) is 0 Å². The van der Waals surface area contributed by atoms with Gasteiger partial charge in [0, 0.05) is 19.8 Å². The lowest BCUT2D eigenvalue weighted by Crippen LogP contribution is -2.51. The molecule has 2 rings (SSSR count). The van der Waals surface area contributed by atoms with Crippen LogP contribution >= 0.6 is 12.2 Å². The lowest BCUT2D eigenvalue weighted by atomic mass is 10.1. The minimum Gasteiger partial charge on any atom is -0.331 e. The summed E-state index contributed by atoms with van der Waals surface area (Å²) in [4.78, 5) is 0. The number of rotatable bonds is 4. The molecule has 0 aromatic heterocycles. The third-order valence-corrected chi connectivity index (χ3v) is 5.87. The molecule has 0 radical (unpaired) electrons. The lowest BCUT2D eigenvalue weighted by Gasteiger charge is -2.36. The molecule has 1 atom stereocenters. The Balaban J connectivity index is 2.17. The fourth-order valence-electron chi connectivity index (χ4n) is 2.77. The molecule has 1 saturated heterocycles. The van der Waals surface area contributed by atoms with Gasteiger partial charge in [-0.15, -0.1) is 0 Å². The van der Waals surface area contributed by atoms with Gasteiger partial charge < -0.3 is 5.32 Å². The number of anilines is 1. The van der Waals surface area contributed by atoms with Crippen molar-refractivity contribution in [2.24, 2.45) is 0 Å². The Hall–Kier alpha value is -1.18. The number of nitrogens with one attached hydrogen (secondary N) is 1. The summed E-state index contributed by atoms with van der Waals surface area (Å²) in [6, 6.07) is 7.91. The molecule has 1 fully saturated rings. The highest BCUT2D eigenvalue weighted by Gasteiger charge is 2.34. The molecule has 22 heavy (non-hydrogen) atoms. The first-order chi connectivity index (χ1) is 10.3. The summed E-state index contributed by atoms with van der Waals surface area (Å²) >= 11 is 5.53. The van der Waals surface area contributed by atoms with Crippen molar-refractivity contribution in [2.45, 2.75) is 25.8 Å². The van der Waals surface area contributed by atoms with E-state index in [2.05, 4.69) is 18.3 Å². The Bertz CT molecular complexity index is 644. The van der Waals surface area contributed by atoms with Gasteiger partial charge in [-0.3, -0.25) is 5.01 Å². The van der Waals surface area contributed by atoms with E-state index in [1.807, 2.05) is 42.3 Å². The first-order valence-corrected chi connectivity index (χ1v) is 9.63. The quantitative estimate of drug-likeness (QED) is 0.667. The van der Waals surface area contributed by atoms with Crippen molar-refractivity contribution in [1.29, 1.82) is 0 Å². The van der Waals surface area contributed by atoms with E-state index < -0.39 is 9.84 Å². The van der Waals surface area contributed by atoms with E-state index in [9.17, 15) is 8.42 Å². The number of aryl methyl sites for hydroxylation is 1. The van der Waals surface area contributed by atoms with Crippen molar-refractivity contribution in [2.75, 3.05) is 30.9 Å². The van der Waals surface area contributed by atoms with Gasteiger partial charge in [-0.05, 0) is 36.7 Å². The molecule has 7 heteroatoms. The average Bonchev–Trinajstić information content (AvgIpc) is 2.79. The molecule has 0 bridgehead atoms. The van der Waals surface area contributed by atoms with E-state index >= 15 is 0 Å². The first kappa shape index (κ1) is 17.2. The monoisotopic (exact) mass is 341 g/mol. The highest BCUT2D eigenvalue weighted by molar-refractivity contribution is 7.91. The molecule has 5 nitrogen and oxygen atoms in total. The van der Waals surface area contributed by atoms with Gasteiger partial charge in [0.1, 0.15) is 0 Å². The summed E-state index contributed by atoms with van der Waals surface area (Å²) in [6.45, 7) is 2.09. The number of benzene rings is 1. The summed E-state index contributed by atoms with van der Waals surface area (Å²) in [5, 5.41) is 7.53. The summed E-state index contributed by atoms with van der Waals surface area (Å²) in [6.07, 6.45) is 1.52. The maximum absolute atomic E-state index is 11.7. The second-order valence-corrected chi connectivity index (χ2v) is 8.30. The van der Waals surface area contributed by atoms with Crippen molar-refractivity contribution in [3.05, 3.63) is 29.8 Å². The van der Waals surface area contributed by atoms with Crippen LogP contribution in [0.4, 0.5) is 5.69 Å². The van der Waals surface area contributed by atoms with Gasteiger partial charge in [0.05, 0.1) is 17.5 Å². The predicted octanol–water partition coefficient (Wildman–Crippen LogP) is 1.91. The van der Waals surface area contributed by atoms with Crippen LogP contribution in [0.15, 0.2) is 24.3 Å². The van der Waals surface area contributed by atoms with Crippen molar-refractivity contribution < 1.29 is 8.42 Å². The molecular formula is C15H23N3O2S2. The number of sulfone groups is 1. The van der Waals surface area contributed by atoms with Gasteiger partial charge in [-0.25, -0.2) is 13.4 Å². The van der Waals surface area contributed by atoms with E-state index in [-0.39, 0.29) is 17.5 Å². The maximum atomic E-state index is 11.7. The Kier molecular flexibility index (Phi) is 5.41. The Morgan fingerprint density at radius 3 is 2.59 bits per heavy atom. The third-order valence-electron chi connectivity index (χ3n) is 3.83. The molecule has 0 unspecified atom stereocenters. The second kappa shape index (κ2) is 6.93. The van der Waals surface area contributed by atoms with Crippen LogP contribution in [0.25, 0.3) is 0 Å². The van der Waals surface area contributed by atoms with E-state index in [0.29, 0.717) is 11.5 Å². The SMILES string of the molecule is CCc1ccccc1NC(=S)N([C@@H]1CCS(=O)(=O)C1)N(C)C.